The van der Waals surface area contributed by atoms with Gasteiger partial charge in [0, 0.05) is 25.2 Å². The Bertz CT molecular complexity index is 167. The van der Waals surface area contributed by atoms with Crippen molar-refractivity contribution in [3.63, 3.8) is 0 Å². The van der Waals surface area contributed by atoms with E-state index in [-0.39, 0.29) is 0 Å². The Labute approximate surface area is 94.2 Å². The summed E-state index contributed by atoms with van der Waals surface area (Å²) < 4.78 is 5.37. The molecule has 3 heteroatoms. The summed E-state index contributed by atoms with van der Waals surface area (Å²) in [6, 6.07) is 1.16. The molecule has 1 rings (SSSR count). The molecule has 15 heavy (non-hydrogen) atoms. The van der Waals surface area contributed by atoms with Crippen LogP contribution in [0.1, 0.15) is 27.7 Å². The molecule has 1 aliphatic rings. The molecule has 1 heterocycles. The number of rotatable bonds is 5. The topological polar surface area (TPSA) is 24.5 Å². The van der Waals surface area contributed by atoms with E-state index < -0.39 is 0 Å². The molecular formula is C12H26N2O. The van der Waals surface area contributed by atoms with E-state index in [1.807, 2.05) is 0 Å². The third-order valence-electron chi connectivity index (χ3n) is 3.19. The van der Waals surface area contributed by atoms with Crippen molar-refractivity contribution in [2.24, 2.45) is 5.92 Å². The minimum atomic E-state index is 0.561. The fraction of sp³-hybridized carbons (Fsp3) is 1.00. The Kier molecular flexibility index (Phi) is 5.58. The van der Waals surface area contributed by atoms with Gasteiger partial charge in [0.15, 0.2) is 0 Å². The molecule has 0 aliphatic carbocycles. The van der Waals surface area contributed by atoms with Crippen molar-refractivity contribution in [3.05, 3.63) is 0 Å². The van der Waals surface area contributed by atoms with Gasteiger partial charge in [0.2, 0.25) is 0 Å². The molecule has 0 amide bonds. The Morgan fingerprint density at radius 1 is 1.13 bits per heavy atom. The maximum absolute atomic E-state index is 5.37. The molecule has 0 bridgehead atoms. The van der Waals surface area contributed by atoms with E-state index in [0.717, 1.165) is 38.8 Å². The van der Waals surface area contributed by atoms with E-state index in [0.29, 0.717) is 12.1 Å². The van der Waals surface area contributed by atoms with Crippen molar-refractivity contribution in [1.29, 1.82) is 0 Å². The van der Waals surface area contributed by atoms with Gasteiger partial charge in [-0.1, -0.05) is 13.8 Å². The highest BCUT2D eigenvalue weighted by Crippen LogP contribution is 2.07. The van der Waals surface area contributed by atoms with Crippen LogP contribution in [-0.2, 0) is 4.74 Å². The molecule has 1 fully saturated rings. The highest BCUT2D eigenvalue weighted by molar-refractivity contribution is 4.79. The second-order valence-corrected chi connectivity index (χ2v) is 4.98. The second-order valence-electron chi connectivity index (χ2n) is 4.98. The zero-order valence-electron chi connectivity index (χ0n) is 10.6. The van der Waals surface area contributed by atoms with Gasteiger partial charge in [-0.05, 0) is 26.3 Å². The molecule has 90 valence electrons. The SMILES string of the molecule is CC(C)CNC(C)C(C)N1CCOCC1. The standard InChI is InChI=1S/C12H26N2O/c1-10(2)9-13-11(3)12(4)14-5-7-15-8-6-14/h10-13H,5-9H2,1-4H3. The van der Waals surface area contributed by atoms with Crippen molar-refractivity contribution in [2.45, 2.75) is 39.8 Å². The maximum Gasteiger partial charge on any atom is 0.0594 e. The van der Waals surface area contributed by atoms with Crippen LogP contribution in [0, 0.1) is 5.92 Å². The van der Waals surface area contributed by atoms with E-state index >= 15 is 0 Å². The molecule has 0 spiro atoms. The Balaban J connectivity index is 2.27. The molecule has 0 saturated carbocycles. The van der Waals surface area contributed by atoms with Gasteiger partial charge in [0.1, 0.15) is 0 Å². The van der Waals surface area contributed by atoms with Crippen LogP contribution in [0.4, 0.5) is 0 Å². The Hall–Kier alpha value is -0.120. The Morgan fingerprint density at radius 3 is 2.27 bits per heavy atom. The van der Waals surface area contributed by atoms with E-state index in [9.17, 15) is 0 Å². The lowest BCUT2D eigenvalue weighted by atomic mass is 10.1. The smallest absolute Gasteiger partial charge is 0.0594 e. The first-order valence-electron chi connectivity index (χ1n) is 6.16. The van der Waals surface area contributed by atoms with Crippen LogP contribution < -0.4 is 5.32 Å². The average Bonchev–Trinajstić information content (AvgIpc) is 2.26. The Morgan fingerprint density at radius 2 is 1.73 bits per heavy atom. The van der Waals surface area contributed by atoms with E-state index in [2.05, 4.69) is 37.9 Å². The number of morpholine rings is 1. The lowest BCUT2D eigenvalue weighted by molar-refractivity contribution is 0.0135. The summed E-state index contributed by atoms with van der Waals surface area (Å²) >= 11 is 0. The van der Waals surface area contributed by atoms with E-state index in [4.69, 9.17) is 4.74 Å². The van der Waals surface area contributed by atoms with E-state index in [1.165, 1.54) is 0 Å². The summed E-state index contributed by atoms with van der Waals surface area (Å²) in [5.74, 6) is 0.726. The lowest BCUT2D eigenvalue weighted by Crippen LogP contribution is -2.51. The van der Waals surface area contributed by atoms with Gasteiger partial charge in [-0.15, -0.1) is 0 Å². The number of nitrogens with zero attached hydrogens (tertiary/aromatic N) is 1. The molecule has 0 aromatic carbocycles. The highest BCUT2D eigenvalue weighted by Gasteiger charge is 2.21. The van der Waals surface area contributed by atoms with E-state index in [1.54, 1.807) is 0 Å². The molecule has 1 aliphatic heterocycles. The summed E-state index contributed by atoms with van der Waals surface area (Å²) in [5.41, 5.74) is 0. The number of hydrogen-bond donors (Lipinski definition) is 1. The molecule has 3 nitrogen and oxygen atoms in total. The van der Waals surface area contributed by atoms with Crippen LogP contribution >= 0.6 is 0 Å². The largest absolute Gasteiger partial charge is 0.379 e. The minimum absolute atomic E-state index is 0.561. The van der Waals surface area contributed by atoms with Crippen molar-refractivity contribution >= 4 is 0 Å². The van der Waals surface area contributed by atoms with Crippen molar-refractivity contribution in [1.82, 2.24) is 10.2 Å². The van der Waals surface area contributed by atoms with Crippen LogP contribution in [0.3, 0.4) is 0 Å². The lowest BCUT2D eigenvalue weighted by Gasteiger charge is -2.36. The quantitative estimate of drug-likeness (QED) is 0.747. The molecule has 0 aromatic heterocycles. The predicted octanol–water partition coefficient (Wildman–Crippen LogP) is 1.34. The first kappa shape index (κ1) is 12.9. The highest BCUT2D eigenvalue weighted by atomic mass is 16.5. The number of ether oxygens (including phenoxy) is 1. The van der Waals surface area contributed by atoms with Crippen molar-refractivity contribution in [3.8, 4) is 0 Å². The van der Waals surface area contributed by atoms with Crippen molar-refractivity contribution in [2.75, 3.05) is 32.8 Å². The number of nitrogens with one attached hydrogen (secondary N) is 1. The van der Waals surface area contributed by atoms with Gasteiger partial charge in [-0.25, -0.2) is 0 Å². The maximum atomic E-state index is 5.37. The van der Waals surface area contributed by atoms with Crippen LogP contribution in [-0.4, -0.2) is 49.8 Å². The molecule has 2 unspecified atom stereocenters. The summed E-state index contributed by atoms with van der Waals surface area (Å²) in [4.78, 5) is 2.52. The molecule has 0 radical (unpaired) electrons. The van der Waals surface area contributed by atoms with Crippen LogP contribution in [0.15, 0.2) is 0 Å². The molecule has 2 atom stereocenters. The molecule has 1 N–H and O–H groups in total. The normalized spacial score (nSPS) is 23.0. The number of hydrogen-bond acceptors (Lipinski definition) is 3. The fourth-order valence-electron chi connectivity index (χ4n) is 1.89. The average molecular weight is 214 g/mol. The first-order valence-corrected chi connectivity index (χ1v) is 6.16. The molecule has 0 aromatic rings. The fourth-order valence-corrected chi connectivity index (χ4v) is 1.89. The van der Waals surface area contributed by atoms with Gasteiger partial charge in [-0.2, -0.15) is 0 Å². The molecular weight excluding hydrogens is 188 g/mol. The van der Waals surface area contributed by atoms with Crippen molar-refractivity contribution < 1.29 is 4.74 Å². The van der Waals surface area contributed by atoms with Gasteiger partial charge in [0.25, 0.3) is 0 Å². The van der Waals surface area contributed by atoms with Gasteiger partial charge < -0.3 is 10.1 Å². The summed E-state index contributed by atoms with van der Waals surface area (Å²) in [5, 5.41) is 3.60. The van der Waals surface area contributed by atoms with Gasteiger partial charge in [-0.3, -0.25) is 4.90 Å². The third kappa shape index (κ3) is 4.49. The van der Waals surface area contributed by atoms with Crippen LogP contribution in [0.25, 0.3) is 0 Å². The minimum Gasteiger partial charge on any atom is -0.379 e. The van der Waals surface area contributed by atoms with Crippen LogP contribution in [0.2, 0.25) is 0 Å². The van der Waals surface area contributed by atoms with Gasteiger partial charge in [0.05, 0.1) is 13.2 Å². The van der Waals surface area contributed by atoms with Gasteiger partial charge >= 0.3 is 0 Å². The van der Waals surface area contributed by atoms with Crippen LogP contribution in [0.5, 0.6) is 0 Å². The summed E-state index contributed by atoms with van der Waals surface area (Å²) in [6.07, 6.45) is 0. The third-order valence-corrected chi connectivity index (χ3v) is 3.19. The zero-order valence-corrected chi connectivity index (χ0v) is 10.6. The second kappa shape index (κ2) is 6.46. The predicted molar refractivity (Wildman–Crippen MR) is 64.2 cm³/mol. The summed E-state index contributed by atoms with van der Waals surface area (Å²) in [6.45, 7) is 14.1. The first-order chi connectivity index (χ1) is 7.11. The molecule has 1 saturated heterocycles. The zero-order chi connectivity index (χ0) is 11.3. The monoisotopic (exact) mass is 214 g/mol. The summed E-state index contributed by atoms with van der Waals surface area (Å²) in [7, 11) is 0.